The van der Waals surface area contributed by atoms with Gasteiger partial charge in [-0.15, -0.1) is 11.8 Å². The highest BCUT2D eigenvalue weighted by Gasteiger charge is 2.36. The van der Waals surface area contributed by atoms with Crippen LogP contribution in [0.25, 0.3) is 0 Å². The molecule has 7 heteroatoms. The van der Waals surface area contributed by atoms with Crippen molar-refractivity contribution >= 4 is 40.5 Å². The number of carbonyl (C=O) groups excluding carboxylic acids is 2. The Kier molecular flexibility index (Phi) is 5.32. The number of rotatable bonds is 4. The Morgan fingerprint density at radius 3 is 2.71 bits per heavy atom. The molecular weight excluding hydrogens is 262 g/mol. The highest BCUT2D eigenvalue weighted by molar-refractivity contribution is 8.13. The van der Waals surface area contributed by atoms with E-state index in [2.05, 4.69) is 0 Å². The first-order valence-corrected chi connectivity index (χ1v) is 7.32. The van der Waals surface area contributed by atoms with Crippen molar-refractivity contribution in [2.75, 3.05) is 17.4 Å². The van der Waals surface area contributed by atoms with E-state index in [1.807, 2.05) is 0 Å². The molecule has 1 amide bonds. The fraction of sp³-hybridized carbons (Fsp3) is 0.700. The lowest BCUT2D eigenvalue weighted by atomic mass is 10.1. The number of aliphatic carboxylic acids is 1. The van der Waals surface area contributed by atoms with Crippen molar-refractivity contribution in [1.29, 1.82) is 0 Å². The van der Waals surface area contributed by atoms with Gasteiger partial charge >= 0.3 is 5.97 Å². The van der Waals surface area contributed by atoms with Crippen LogP contribution in [-0.4, -0.2) is 50.4 Å². The zero-order valence-electron chi connectivity index (χ0n) is 9.71. The van der Waals surface area contributed by atoms with Crippen LogP contribution in [0, 0.1) is 5.92 Å². The molecule has 0 radical (unpaired) electrons. The Hall–Kier alpha value is -0.690. The monoisotopic (exact) mass is 277 g/mol. The fourth-order valence-electron chi connectivity index (χ4n) is 1.46. The zero-order valence-corrected chi connectivity index (χ0v) is 11.3. The lowest BCUT2D eigenvalue weighted by Crippen LogP contribution is -2.44. The average Bonchev–Trinajstić information content (AvgIpc) is 2.73. The lowest BCUT2D eigenvalue weighted by molar-refractivity contribution is -0.148. The maximum Gasteiger partial charge on any atom is 0.327 e. The summed E-state index contributed by atoms with van der Waals surface area (Å²) in [6, 6.07) is -0.725. The van der Waals surface area contributed by atoms with Crippen LogP contribution in [0.5, 0.6) is 0 Å². The molecule has 96 valence electrons. The van der Waals surface area contributed by atoms with Crippen molar-refractivity contribution in [3.8, 4) is 0 Å². The van der Waals surface area contributed by atoms with Crippen LogP contribution in [0.1, 0.15) is 13.8 Å². The molecule has 0 unspecified atom stereocenters. The summed E-state index contributed by atoms with van der Waals surface area (Å²) in [5.41, 5.74) is 0. The number of carboxylic acids is 1. The Balaban J connectivity index is 2.56. The summed E-state index contributed by atoms with van der Waals surface area (Å²) in [6.07, 6.45) is 0. The predicted molar refractivity (Wildman–Crippen MR) is 67.9 cm³/mol. The van der Waals surface area contributed by atoms with Crippen molar-refractivity contribution in [1.82, 2.24) is 4.90 Å². The molecule has 0 bridgehead atoms. The quantitative estimate of drug-likeness (QED) is 0.822. The normalized spacial score (nSPS) is 21.3. The molecule has 0 aromatic carbocycles. The Labute approximate surface area is 108 Å². The third kappa shape index (κ3) is 3.92. The average molecular weight is 277 g/mol. The van der Waals surface area contributed by atoms with E-state index in [4.69, 9.17) is 5.11 Å². The number of carbonyl (C=O) groups is 3. The summed E-state index contributed by atoms with van der Waals surface area (Å²) in [4.78, 5) is 35.1. The summed E-state index contributed by atoms with van der Waals surface area (Å²) in [5, 5.41) is 8.93. The SMILES string of the molecule is CC(=O)SC[C@@H](C)C(=O)N1CSC[C@H]1C(=O)O. The first-order chi connectivity index (χ1) is 7.93. The van der Waals surface area contributed by atoms with Gasteiger partial charge in [-0.25, -0.2) is 4.79 Å². The fourth-order valence-corrected chi connectivity index (χ4v) is 3.24. The van der Waals surface area contributed by atoms with Gasteiger partial charge in [-0.2, -0.15) is 0 Å². The van der Waals surface area contributed by atoms with E-state index in [1.54, 1.807) is 6.92 Å². The molecule has 17 heavy (non-hydrogen) atoms. The van der Waals surface area contributed by atoms with Crippen molar-refractivity contribution in [2.24, 2.45) is 5.92 Å². The summed E-state index contributed by atoms with van der Waals surface area (Å²) in [5.74, 6) is -0.212. The summed E-state index contributed by atoms with van der Waals surface area (Å²) < 4.78 is 0. The standard InChI is InChI=1S/C10H15NO4S2/c1-6(3-17-7(2)12)9(13)11-5-16-4-8(11)10(14)15/h6,8H,3-5H2,1-2H3,(H,14,15)/t6-,8+/m1/s1. The summed E-state index contributed by atoms with van der Waals surface area (Å²) >= 11 is 2.53. The molecule has 1 aliphatic heterocycles. The predicted octanol–water partition coefficient (Wildman–Crippen LogP) is 0.888. The Morgan fingerprint density at radius 2 is 2.18 bits per heavy atom. The van der Waals surface area contributed by atoms with E-state index in [-0.39, 0.29) is 16.9 Å². The number of nitrogens with zero attached hydrogens (tertiary/aromatic N) is 1. The van der Waals surface area contributed by atoms with Crippen LogP contribution in [0.3, 0.4) is 0 Å². The molecule has 0 aromatic rings. The number of thioether (sulfide) groups is 2. The molecule has 2 atom stereocenters. The molecule has 5 nitrogen and oxygen atoms in total. The van der Waals surface area contributed by atoms with Gasteiger partial charge in [-0.05, 0) is 0 Å². The van der Waals surface area contributed by atoms with Gasteiger partial charge in [0, 0.05) is 24.3 Å². The van der Waals surface area contributed by atoms with Gasteiger partial charge in [0.15, 0.2) is 5.12 Å². The molecular formula is C10H15NO4S2. The number of hydrogen-bond acceptors (Lipinski definition) is 5. The topological polar surface area (TPSA) is 74.7 Å². The highest BCUT2D eigenvalue weighted by atomic mass is 32.2. The van der Waals surface area contributed by atoms with Crippen molar-refractivity contribution in [3.05, 3.63) is 0 Å². The molecule has 1 rings (SSSR count). The molecule has 0 spiro atoms. The van der Waals surface area contributed by atoms with E-state index < -0.39 is 12.0 Å². The minimum atomic E-state index is -0.963. The molecule has 0 aliphatic carbocycles. The largest absolute Gasteiger partial charge is 0.480 e. The summed E-state index contributed by atoms with van der Waals surface area (Å²) in [7, 11) is 0. The molecule has 1 N–H and O–H groups in total. The van der Waals surface area contributed by atoms with Gasteiger partial charge < -0.3 is 10.0 Å². The molecule has 1 saturated heterocycles. The van der Waals surface area contributed by atoms with E-state index in [9.17, 15) is 14.4 Å². The number of carboxylic acid groups (broad SMARTS) is 1. The van der Waals surface area contributed by atoms with Gasteiger partial charge in [0.2, 0.25) is 5.91 Å². The van der Waals surface area contributed by atoms with E-state index in [0.717, 1.165) is 11.8 Å². The molecule has 0 saturated carbocycles. The van der Waals surface area contributed by atoms with E-state index in [1.165, 1.54) is 23.6 Å². The Bertz CT molecular complexity index is 334. The van der Waals surface area contributed by atoms with Crippen LogP contribution in [0.2, 0.25) is 0 Å². The first kappa shape index (κ1) is 14.4. The van der Waals surface area contributed by atoms with Crippen LogP contribution < -0.4 is 0 Å². The highest BCUT2D eigenvalue weighted by Crippen LogP contribution is 2.24. The second-order valence-electron chi connectivity index (χ2n) is 3.87. The van der Waals surface area contributed by atoms with Gasteiger partial charge in [0.1, 0.15) is 6.04 Å². The van der Waals surface area contributed by atoms with Gasteiger partial charge in [0.05, 0.1) is 5.88 Å². The second kappa shape index (κ2) is 6.30. The van der Waals surface area contributed by atoms with Gasteiger partial charge in [0.25, 0.3) is 0 Å². The number of amides is 1. The molecule has 1 fully saturated rings. The van der Waals surface area contributed by atoms with Crippen molar-refractivity contribution in [3.63, 3.8) is 0 Å². The Morgan fingerprint density at radius 1 is 1.53 bits per heavy atom. The first-order valence-electron chi connectivity index (χ1n) is 5.18. The minimum Gasteiger partial charge on any atom is -0.480 e. The van der Waals surface area contributed by atoms with Gasteiger partial charge in [-0.3, -0.25) is 9.59 Å². The molecule has 1 heterocycles. The van der Waals surface area contributed by atoms with Crippen LogP contribution >= 0.6 is 23.5 Å². The van der Waals surface area contributed by atoms with E-state index in [0.29, 0.717) is 17.4 Å². The van der Waals surface area contributed by atoms with Crippen LogP contribution in [0.4, 0.5) is 0 Å². The smallest absolute Gasteiger partial charge is 0.327 e. The van der Waals surface area contributed by atoms with Gasteiger partial charge in [-0.1, -0.05) is 18.7 Å². The summed E-state index contributed by atoms with van der Waals surface area (Å²) in [6.45, 7) is 3.17. The third-order valence-electron chi connectivity index (χ3n) is 2.41. The maximum absolute atomic E-state index is 12.0. The lowest BCUT2D eigenvalue weighted by Gasteiger charge is -2.23. The number of hydrogen-bond donors (Lipinski definition) is 1. The van der Waals surface area contributed by atoms with Crippen LogP contribution in [-0.2, 0) is 14.4 Å². The molecule has 1 aliphatic rings. The second-order valence-corrected chi connectivity index (χ2v) is 6.06. The molecule has 0 aromatic heterocycles. The minimum absolute atomic E-state index is 0.0322. The maximum atomic E-state index is 12.0. The third-order valence-corrected chi connectivity index (χ3v) is 4.49. The van der Waals surface area contributed by atoms with Crippen molar-refractivity contribution < 1.29 is 19.5 Å². The van der Waals surface area contributed by atoms with Crippen molar-refractivity contribution in [2.45, 2.75) is 19.9 Å². The zero-order chi connectivity index (χ0) is 13.0. The van der Waals surface area contributed by atoms with E-state index >= 15 is 0 Å². The van der Waals surface area contributed by atoms with Crippen LogP contribution in [0.15, 0.2) is 0 Å².